The number of nitroso groups, excluding NO2 is 2. The fraction of sp³-hybridized carbons (Fsp3) is 0. The summed E-state index contributed by atoms with van der Waals surface area (Å²) in [7, 11) is 0. The van der Waals surface area contributed by atoms with E-state index in [1.807, 2.05) is 0 Å². The highest BCUT2D eigenvalue weighted by Crippen LogP contribution is 1.88. The van der Waals surface area contributed by atoms with Gasteiger partial charge in [0.05, 0.1) is 10.6 Å². The van der Waals surface area contributed by atoms with Crippen molar-refractivity contribution >= 4 is 11.8 Å². The monoisotopic (exact) mass is 146 g/mol. The molecule has 0 heterocycles. The maximum absolute atomic E-state index is 10.2. The normalized spacial score (nSPS) is 8.00. The molecule has 10 heavy (non-hydrogen) atoms. The molecule has 54 valence electrons. The van der Waals surface area contributed by atoms with Crippen LogP contribution in [0.2, 0.25) is 0 Å². The lowest BCUT2D eigenvalue weighted by Gasteiger charge is -1.95. The molecule has 0 unspecified atom stereocenters. The highest BCUT2D eigenvalue weighted by Gasteiger charge is 2.20. The topological polar surface area (TPSA) is 122 Å². The first kappa shape index (κ1) is 8.14. The lowest BCUT2D eigenvalue weighted by Crippen LogP contribution is -2.33. The Morgan fingerprint density at radius 1 is 1.20 bits per heavy atom. The van der Waals surface area contributed by atoms with Crippen molar-refractivity contribution in [3.05, 3.63) is 9.81 Å². The Morgan fingerprint density at radius 3 is 1.70 bits per heavy atom. The summed E-state index contributed by atoms with van der Waals surface area (Å²) in [6.07, 6.45) is 0. The molecular weight excluding hydrogens is 144 g/mol. The molecule has 0 bridgehead atoms. The van der Waals surface area contributed by atoms with E-state index in [0.717, 1.165) is 0 Å². The Kier molecular flexibility index (Phi) is 2.62. The summed E-state index contributed by atoms with van der Waals surface area (Å²) in [6, 6.07) is 0. The van der Waals surface area contributed by atoms with E-state index in [1.165, 1.54) is 0 Å². The summed E-state index contributed by atoms with van der Waals surface area (Å²) < 4.78 is 0. The Hall–Kier alpha value is -1.86. The molecule has 0 radical (unpaired) electrons. The molecule has 0 aromatic heterocycles. The van der Waals surface area contributed by atoms with Crippen LogP contribution in [-0.4, -0.2) is 16.9 Å². The molecule has 8 heteroatoms. The second-order valence-corrected chi connectivity index (χ2v) is 1.12. The van der Waals surface area contributed by atoms with Gasteiger partial charge in [-0.15, -0.1) is 9.81 Å². The highest BCUT2D eigenvalue weighted by molar-refractivity contribution is 6.34. The van der Waals surface area contributed by atoms with Crippen LogP contribution in [0.1, 0.15) is 0 Å². The zero-order valence-corrected chi connectivity index (χ0v) is 4.55. The van der Waals surface area contributed by atoms with Crippen molar-refractivity contribution in [2.24, 2.45) is 16.3 Å². The van der Waals surface area contributed by atoms with E-state index in [4.69, 9.17) is 0 Å². The average molecular weight is 146 g/mol. The maximum Gasteiger partial charge on any atom is 0.358 e. The van der Waals surface area contributed by atoms with Crippen LogP contribution >= 0.6 is 0 Å². The molecule has 0 spiro atoms. The van der Waals surface area contributed by atoms with Gasteiger partial charge in [0.2, 0.25) is 0 Å². The molecule has 2 N–H and O–H groups in total. The number of amides is 2. The first-order valence-corrected chi connectivity index (χ1v) is 1.94. The minimum atomic E-state index is -1.56. The summed E-state index contributed by atoms with van der Waals surface area (Å²) in [6.45, 7) is 0. The second kappa shape index (κ2) is 3.22. The summed E-state index contributed by atoms with van der Waals surface area (Å²) in [5.74, 6) is -3.04. The quantitative estimate of drug-likeness (QED) is 0.294. The predicted molar refractivity (Wildman–Crippen MR) is 27.6 cm³/mol. The zero-order valence-electron chi connectivity index (χ0n) is 4.55. The van der Waals surface area contributed by atoms with Crippen LogP contribution in [0.4, 0.5) is 0 Å². The number of rotatable bonds is 2. The largest absolute Gasteiger partial charge is 0.361 e. The highest BCUT2D eigenvalue weighted by atomic mass is 16.4. The molecule has 0 aliphatic heterocycles. The third-order valence-electron chi connectivity index (χ3n) is 0.547. The van der Waals surface area contributed by atoms with Gasteiger partial charge in [0.1, 0.15) is 0 Å². The van der Waals surface area contributed by atoms with Gasteiger partial charge in [-0.1, -0.05) is 0 Å². The number of carbonyl (C=O) groups excluding carboxylic acids is 2. The van der Waals surface area contributed by atoms with Crippen LogP contribution in [0.25, 0.3) is 0 Å². The van der Waals surface area contributed by atoms with Crippen molar-refractivity contribution in [3.8, 4) is 0 Å². The Balaban J connectivity index is 4.29. The van der Waals surface area contributed by atoms with E-state index in [9.17, 15) is 19.4 Å². The molecular formula is C2H2N4O4. The fourth-order valence-corrected chi connectivity index (χ4v) is 0.188. The van der Waals surface area contributed by atoms with Gasteiger partial charge in [0.25, 0.3) is 0 Å². The molecule has 0 saturated carbocycles. The van der Waals surface area contributed by atoms with Crippen LogP contribution in [0.5, 0.6) is 0 Å². The van der Waals surface area contributed by atoms with E-state index in [1.54, 1.807) is 10.6 Å². The number of nitrogens with zero attached hydrogens (tertiary/aromatic N) is 3. The van der Waals surface area contributed by atoms with Crippen molar-refractivity contribution in [1.82, 2.24) is 5.12 Å². The van der Waals surface area contributed by atoms with Gasteiger partial charge in [-0.25, -0.2) is 0 Å². The van der Waals surface area contributed by atoms with Crippen molar-refractivity contribution in [2.45, 2.75) is 0 Å². The van der Waals surface area contributed by atoms with Crippen molar-refractivity contribution in [2.75, 3.05) is 0 Å². The zero-order chi connectivity index (χ0) is 8.15. The molecule has 0 aromatic carbocycles. The van der Waals surface area contributed by atoms with Gasteiger partial charge in [-0.2, -0.15) is 0 Å². The van der Waals surface area contributed by atoms with Crippen molar-refractivity contribution < 1.29 is 9.59 Å². The van der Waals surface area contributed by atoms with E-state index < -0.39 is 16.9 Å². The molecule has 0 aromatic rings. The molecule has 0 fully saturated rings. The van der Waals surface area contributed by atoms with Crippen LogP contribution in [0.3, 0.4) is 0 Å². The molecule has 2 amide bonds. The number of hydrogen-bond donors (Lipinski definition) is 1. The van der Waals surface area contributed by atoms with Gasteiger partial charge >= 0.3 is 11.8 Å². The Morgan fingerprint density at radius 2 is 1.60 bits per heavy atom. The number of hydrogen-bond acceptors (Lipinski definition) is 6. The molecule has 0 aliphatic carbocycles. The van der Waals surface area contributed by atoms with Gasteiger partial charge in [0, 0.05) is 0 Å². The standard InChI is InChI=1S/C2H2N4O4/c3-1(7)2(8)6(4-9)5-10/h(H2,3,7). The van der Waals surface area contributed by atoms with E-state index in [2.05, 4.69) is 5.73 Å². The van der Waals surface area contributed by atoms with Crippen LogP contribution in [0.15, 0.2) is 10.6 Å². The van der Waals surface area contributed by atoms with E-state index >= 15 is 0 Å². The summed E-state index contributed by atoms with van der Waals surface area (Å²) >= 11 is 0. The van der Waals surface area contributed by atoms with Gasteiger partial charge in [-0.3, -0.25) is 9.59 Å². The number of nitrogens with two attached hydrogens (primary N) is 1. The molecule has 0 atom stereocenters. The van der Waals surface area contributed by atoms with Crippen LogP contribution in [-0.2, 0) is 9.59 Å². The minimum absolute atomic E-state index is 0.484. The predicted octanol–water partition coefficient (Wildman–Crippen LogP) is -1.34. The van der Waals surface area contributed by atoms with Gasteiger partial charge in [0.15, 0.2) is 0 Å². The lowest BCUT2D eigenvalue weighted by atomic mass is 10.6. The van der Waals surface area contributed by atoms with Gasteiger partial charge in [-0.05, 0) is 5.12 Å². The SMILES string of the molecule is NC(=O)C(=O)N(N=O)N=O. The molecule has 0 saturated heterocycles. The first-order valence-electron chi connectivity index (χ1n) is 1.94. The van der Waals surface area contributed by atoms with E-state index in [0.29, 0.717) is 0 Å². The number of carbonyl (C=O) groups is 2. The summed E-state index contributed by atoms with van der Waals surface area (Å²) in [5.41, 5.74) is 4.36. The molecule has 0 rings (SSSR count). The van der Waals surface area contributed by atoms with Crippen molar-refractivity contribution in [1.29, 1.82) is 0 Å². The van der Waals surface area contributed by atoms with Crippen molar-refractivity contribution in [3.63, 3.8) is 0 Å². The third kappa shape index (κ3) is 1.58. The Bertz CT molecular complexity index is 180. The fourth-order valence-electron chi connectivity index (χ4n) is 0.188. The molecule has 0 aliphatic rings. The maximum atomic E-state index is 10.2. The third-order valence-corrected chi connectivity index (χ3v) is 0.547. The minimum Gasteiger partial charge on any atom is -0.361 e. The summed E-state index contributed by atoms with van der Waals surface area (Å²) in [5, 5.41) is 3.08. The molecule has 8 nitrogen and oxygen atoms in total. The second-order valence-electron chi connectivity index (χ2n) is 1.12. The van der Waals surface area contributed by atoms with Crippen LogP contribution in [0, 0.1) is 9.81 Å². The Labute approximate surface area is 53.9 Å². The average Bonchev–Trinajstić information content (AvgIpc) is 1.90. The van der Waals surface area contributed by atoms with E-state index in [-0.39, 0.29) is 0 Å². The van der Waals surface area contributed by atoms with Gasteiger partial charge < -0.3 is 5.73 Å². The summed E-state index contributed by atoms with van der Waals surface area (Å²) in [4.78, 5) is 38.9. The first-order chi connectivity index (χ1) is 4.63. The smallest absolute Gasteiger partial charge is 0.358 e. The number of primary amides is 1. The van der Waals surface area contributed by atoms with Crippen LogP contribution < -0.4 is 5.73 Å². The lowest BCUT2D eigenvalue weighted by molar-refractivity contribution is -0.144.